The summed E-state index contributed by atoms with van der Waals surface area (Å²) in [5.41, 5.74) is 3.51. The second kappa shape index (κ2) is 3.70. The Balaban J connectivity index is 2.85. The largest absolute Gasteiger partial charge is 0.253 e. The molecule has 1 aromatic heterocycles. The standard InChI is InChI=1S/C12H12BrN/c1-3-9-5-7-11(13)10-6-4-8(2)14-12(9)10/h4-7H,3H2,1-2H3. The van der Waals surface area contributed by atoms with Gasteiger partial charge in [0.25, 0.3) is 0 Å². The summed E-state index contributed by atoms with van der Waals surface area (Å²) in [6.07, 6.45) is 1.03. The number of fused-ring (bicyclic) bond motifs is 1. The molecule has 0 amide bonds. The molecule has 0 aliphatic heterocycles. The molecule has 1 nitrogen and oxygen atoms in total. The third-order valence-electron chi connectivity index (χ3n) is 2.41. The van der Waals surface area contributed by atoms with Crippen molar-refractivity contribution in [2.75, 3.05) is 0 Å². The van der Waals surface area contributed by atoms with E-state index in [4.69, 9.17) is 0 Å². The zero-order valence-corrected chi connectivity index (χ0v) is 9.93. The summed E-state index contributed by atoms with van der Waals surface area (Å²) < 4.78 is 1.12. The monoisotopic (exact) mass is 249 g/mol. The molecular weight excluding hydrogens is 238 g/mol. The van der Waals surface area contributed by atoms with E-state index in [9.17, 15) is 0 Å². The molecule has 0 spiro atoms. The van der Waals surface area contributed by atoms with Crippen LogP contribution in [0.4, 0.5) is 0 Å². The average Bonchev–Trinajstić information content (AvgIpc) is 2.18. The minimum absolute atomic E-state index is 1.03. The predicted octanol–water partition coefficient (Wildman–Crippen LogP) is 3.87. The summed E-state index contributed by atoms with van der Waals surface area (Å²) in [7, 11) is 0. The van der Waals surface area contributed by atoms with E-state index < -0.39 is 0 Å². The minimum atomic E-state index is 1.03. The van der Waals surface area contributed by atoms with Crippen LogP contribution in [-0.2, 0) is 6.42 Å². The highest BCUT2D eigenvalue weighted by Crippen LogP contribution is 2.26. The Kier molecular flexibility index (Phi) is 2.55. The highest BCUT2D eigenvalue weighted by molar-refractivity contribution is 9.10. The molecule has 0 N–H and O–H groups in total. The third kappa shape index (κ3) is 1.55. The van der Waals surface area contributed by atoms with Gasteiger partial charge in [0.1, 0.15) is 0 Å². The van der Waals surface area contributed by atoms with E-state index >= 15 is 0 Å². The van der Waals surface area contributed by atoms with Gasteiger partial charge in [0.15, 0.2) is 0 Å². The van der Waals surface area contributed by atoms with Gasteiger partial charge in [-0.25, -0.2) is 0 Å². The van der Waals surface area contributed by atoms with Crippen molar-refractivity contribution in [1.29, 1.82) is 0 Å². The van der Waals surface area contributed by atoms with Crippen molar-refractivity contribution in [2.24, 2.45) is 0 Å². The van der Waals surface area contributed by atoms with Crippen molar-refractivity contribution < 1.29 is 0 Å². The molecule has 0 bridgehead atoms. The molecule has 0 fully saturated rings. The first-order valence-electron chi connectivity index (χ1n) is 4.77. The maximum absolute atomic E-state index is 4.58. The Bertz CT molecular complexity index is 477. The highest BCUT2D eigenvalue weighted by atomic mass is 79.9. The van der Waals surface area contributed by atoms with Crippen LogP contribution in [0.15, 0.2) is 28.7 Å². The molecular formula is C12H12BrN. The van der Waals surface area contributed by atoms with E-state index in [0.29, 0.717) is 0 Å². The van der Waals surface area contributed by atoms with Crippen molar-refractivity contribution in [3.05, 3.63) is 40.0 Å². The molecule has 0 aliphatic rings. The number of aromatic nitrogens is 1. The fourth-order valence-corrected chi connectivity index (χ4v) is 2.07. The number of rotatable bonds is 1. The summed E-state index contributed by atoms with van der Waals surface area (Å²) in [4.78, 5) is 4.58. The molecule has 1 aromatic carbocycles. The van der Waals surface area contributed by atoms with Gasteiger partial charge in [-0.2, -0.15) is 0 Å². The van der Waals surface area contributed by atoms with Gasteiger partial charge < -0.3 is 0 Å². The minimum Gasteiger partial charge on any atom is -0.253 e. The molecule has 0 saturated carbocycles. The summed E-state index contributed by atoms with van der Waals surface area (Å²) in [6.45, 7) is 4.19. The van der Waals surface area contributed by atoms with Crippen molar-refractivity contribution in [2.45, 2.75) is 20.3 Å². The molecule has 0 aliphatic carbocycles. The van der Waals surface area contributed by atoms with E-state index in [1.807, 2.05) is 13.0 Å². The molecule has 72 valence electrons. The molecule has 2 heteroatoms. The van der Waals surface area contributed by atoms with Crippen LogP contribution in [0.1, 0.15) is 18.2 Å². The normalized spacial score (nSPS) is 10.8. The molecule has 0 atom stereocenters. The lowest BCUT2D eigenvalue weighted by molar-refractivity contribution is 1.13. The Morgan fingerprint density at radius 1 is 1.21 bits per heavy atom. The molecule has 0 unspecified atom stereocenters. The maximum atomic E-state index is 4.58. The lowest BCUT2D eigenvalue weighted by atomic mass is 10.1. The number of hydrogen-bond acceptors (Lipinski definition) is 1. The number of hydrogen-bond donors (Lipinski definition) is 0. The van der Waals surface area contributed by atoms with Crippen LogP contribution in [0.5, 0.6) is 0 Å². The van der Waals surface area contributed by atoms with Crippen LogP contribution in [0.25, 0.3) is 10.9 Å². The Hall–Kier alpha value is -0.890. The lowest BCUT2D eigenvalue weighted by Crippen LogP contribution is -1.90. The zero-order chi connectivity index (χ0) is 10.1. The van der Waals surface area contributed by atoms with Gasteiger partial charge in [-0.1, -0.05) is 28.9 Å². The number of pyridine rings is 1. The summed E-state index contributed by atoms with van der Waals surface area (Å²) in [5, 5.41) is 1.20. The zero-order valence-electron chi connectivity index (χ0n) is 8.34. The first-order chi connectivity index (χ1) is 6.72. The van der Waals surface area contributed by atoms with E-state index in [1.54, 1.807) is 0 Å². The summed E-state index contributed by atoms with van der Waals surface area (Å²) >= 11 is 3.54. The Morgan fingerprint density at radius 2 is 2.00 bits per heavy atom. The number of benzene rings is 1. The second-order valence-electron chi connectivity index (χ2n) is 3.41. The van der Waals surface area contributed by atoms with Crippen molar-refractivity contribution in [3.63, 3.8) is 0 Å². The van der Waals surface area contributed by atoms with Crippen LogP contribution in [0.3, 0.4) is 0 Å². The highest BCUT2D eigenvalue weighted by Gasteiger charge is 2.04. The van der Waals surface area contributed by atoms with Gasteiger partial charge in [0, 0.05) is 15.6 Å². The van der Waals surface area contributed by atoms with Gasteiger partial charge >= 0.3 is 0 Å². The van der Waals surface area contributed by atoms with Crippen LogP contribution in [0.2, 0.25) is 0 Å². The van der Waals surface area contributed by atoms with Crippen LogP contribution < -0.4 is 0 Å². The second-order valence-corrected chi connectivity index (χ2v) is 4.26. The number of halogens is 1. The van der Waals surface area contributed by atoms with Crippen LogP contribution in [-0.4, -0.2) is 4.98 Å². The summed E-state index contributed by atoms with van der Waals surface area (Å²) in [6, 6.07) is 8.41. The Labute approximate surface area is 92.3 Å². The fourth-order valence-electron chi connectivity index (χ4n) is 1.62. The molecule has 0 radical (unpaired) electrons. The average molecular weight is 250 g/mol. The van der Waals surface area contributed by atoms with Gasteiger partial charge in [0.2, 0.25) is 0 Å². The maximum Gasteiger partial charge on any atom is 0.0748 e. The molecule has 0 saturated heterocycles. The SMILES string of the molecule is CCc1ccc(Br)c2ccc(C)nc12. The van der Waals surface area contributed by atoms with Crippen molar-refractivity contribution in [1.82, 2.24) is 4.98 Å². The van der Waals surface area contributed by atoms with Crippen molar-refractivity contribution in [3.8, 4) is 0 Å². The number of nitrogens with zero attached hydrogens (tertiary/aromatic N) is 1. The Morgan fingerprint density at radius 3 is 2.71 bits per heavy atom. The van der Waals surface area contributed by atoms with Crippen LogP contribution >= 0.6 is 15.9 Å². The van der Waals surface area contributed by atoms with Gasteiger partial charge in [0.05, 0.1) is 5.52 Å². The quantitative estimate of drug-likeness (QED) is 0.748. The smallest absolute Gasteiger partial charge is 0.0748 e. The number of aryl methyl sites for hydroxylation is 2. The van der Waals surface area contributed by atoms with Gasteiger partial charge in [-0.15, -0.1) is 0 Å². The van der Waals surface area contributed by atoms with E-state index in [-0.39, 0.29) is 0 Å². The van der Waals surface area contributed by atoms with Crippen LogP contribution in [0, 0.1) is 6.92 Å². The molecule has 14 heavy (non-hydrogen) atoms. The first kappa shape index (κ1) is 9.66. The van der Waals surface area contributed by atoms with Gasteiger partial charge in [-0.3, -0.25) is 4.98 Å². The topological polar surface area (TPSA) is 12.9 Å². The van der Waals surface area contributed by atoms with E-state index in [2.05, 4.69) is 46.0 Å². The van der Waals surface area contributed by atoms with Gasteiger partial charge in [-0.05, 0) is 37.1 Å². The lowest BCUT2D eigenvalue weighted by Gasteiger charge is -2.06. The first-order valence-corrected chi connectivity index (χ1v) is 5.56. The van der Waals surface area contributed by atoms with E-state index in [1.165, 1.54) is 10.9 Å². The molecule has 2 aromatic rings. The summed E-state index contributed by atoms with van der Waals surface area (Å²) in [5.74, 6) is 0. The predicted molar refractivity (Wildman–Crippen MR) is 63.6 cm³/mol. The third-order valence-corrected chi connectivity index (χ3v) is 3.10. The molecule has 2 rings (SSSR count). The molecule has 1 heterocycles. The van der Waals surface area contributed by atoms with E-state index in [0.717, 1.165) is 22.1 Å². The van der Waals surface area contributed by atoms with Crippen molar-refractivity contribution >= 4 is 26.8 Å². The fraction of sp³-hybridized carbons (Fsp3) is 0.250.